The van der Waals surface area contributed by atoms with Crippen LogP contribution in [0.1, 0.15) is 11.1 Å². The molecule has 0 saturated heterocycles. The van der Waals surface area contributed by atoms with Crippen molar-refractivity contribution in [3.8, 4) is 22.8 Å². The van der Waals surface area contributed by atoms with Gasteiger partial charge in [0.05, 0.1) is 12.9 Å². The highest BCUT2D eigenvalue weighted by atomic mass is 35.5. The van der Waals surface area contributed by atoms with E-state index in [0.717, 1.165) is 28.1 Å². The van der Waals surface area contributed by atoms with Gasteiger partial charge in [-0.2, -0.15) is 5.10 Å². The van der Waals surface area contributed by atoms with Crippen LogP contribution in [0.2, 0.25) is 5.02 Å². The van der Waals surface area contributed by atoms with Gasteiger partial charge in [0.15, 0.2) is 11.0 Å². The van der Waals surface area contributed by atoms with Crippen molar-refractivity contribution in [2.45, 2.75) is 12.1 Å². The molecule has 0 spiro atoms. The number of hydrazone groups is 1. The van der Waals surface area contributed by atoms with Crippen LogP contribution in [-0.4, -0.2) is 39.7 Å². The van der Waals surface area contributed by atoms with Gasteiger partial charge in [-0.25, -0.2) is 5.43 Å². The number of allylic oxidation sites excluding steroid dienone is 1. The van der Waals surface area contributed by atoms with E-state index in [1.807, 2.05) is 90.4 Å². The number of ether oxygens (including phenoxy) is 1. The van der Waals surface area contributed by atoms with Crippen molar-refractivity contribution >= 4 is 41.6 Å². The Morgan fingerprint density at radius 2 is 1.83 bits per heavy atom. The van der Waals surface area contributed by atoms with Crippen molar-refractivity contribution in [1.29, 1.82) is 0 Å². The van der Waals surface area contributed by atoms with Crippen LogP contribution in [0.15, 0.2) is 89.1 Å². The van der Waals surface area contributed by atoms with Gasteiger partial charge in [-0.15, -0.1) is 10.2 Å². The number of carbonyl (C=O) groups is 1. The third-order valence-corrected chi connectivity index (χ3v) is 6.31. The van der Waals surface area contributed by atoms with E-state index in [9.17, 15) is 4.79 Å². The number of benzene rings is 3. The highest BCUT2D eigenvalue weighted by Gasteiger charge is 2.17. The fourth-order valence-corrected chi connectivity index (χ4v) is 4.21. The monoisotopic (exact) mass is 517 g/mol. The molecule has 0 fully saturated rings. The molecule has 0 unspecified atom stereocenters. The van der Waals surface area contributed by atoms with Gasteiger partial charge < -0.3 is 4.74 Å². The van der Waals surface area contributed by atoms with E-state index >= 15 is 0 Å². The smallest absolute Gasteiger partial charge is 0.250 e. The maximum Gasteiger partial charge on any atom is 0.250 e. The molecule has 0 bridgehead atoms. The number of carbonyl (C=O) groups excluding carboxylic acids is 1. The van der Waals surface area contributed by atoms with Crippen LogP contribution in [0.4, 0.5) is 0 Å². The zero-order chi connectivity index (χ0) is 25.3. The second kappa shape index (κ2) is 12.2. The summed E-state index contributed by atoms with van der Waals surface area (Å²) in [6, 6.07) is 23.1. The molecular formula is C27H24ClN5O2S. The Morgan fingerprint density at radius 1 is 1.08 bits per heavy atom. The Hall–Kier alpha value is -3.88. The van der Waals surface area contributed by atoms with Gasteiger partial charge >= 0.3 is 0 Å². The summed E-state index contributed by atoms with van der Waals surface area (Å²) in [5.74, 6) is 1.29. The molecule has 7 nitrogen and oxygen atoms in total. The number of hydrogen-bond donors (Lipinski definition) is 1. The summed E-state index contributed by atoms with van der Waals surface area (Å²) < 4.78 is 7.24. The Bertz CT molecular complexity index is 1380. The van der Waals surface area contributed by atoms with E-state index in [1.54, 1.807) is 13.2 Å². The van der Waals surface area contributed by atoms with Gasteiger partial charge in [0, 0.05) is 28.1 Å². The molecule has 1 N–H and O–H groups in total. The van der Waals surface area contributed by atoms with Crippen LogP contribution in [0.5, 0.6) is 5.75 Å². The van der Waals surface area contributed by atoms with Crippen LogP contribution in [-0.2, 0) is 4.79 Å². The topological polar surface area (TPSA) is 81.4 Å². The van der Waals surface area contributed by atoms with E-state index in [1.165, 1.54) is 18.0 Å². The number of thioether (sulfide) groups is 1. The number of amides is 1. The van der Waals surface area contributed by atoms with Gasteiger partial charge in [0.1, 0.15) is 5.75 Å². The molecule has 3 aromatic carbocycles. The maximum atomic E-state index is 12.4. The van der Waals surface area contributed by atoms with Crippen LogP contribution < -0.4 is 10.2 Å². The van der Waals surface area contributed by atoms with Crippen molar-refractivity contribution in [3.05, 3.63) is 95.0 Å². The normalized spacial score (nSPS) is 11.3. The molecule has 4 rings (SSSR count). The summed E-state index contributed by atoms with van der Waals surface area (Å²) >= 11 is 7.34. The molecule has 36 heavy (non-hydrogen) atoms. The molecule has 1 amide bonds. The minimum absolute atomic E-state index is 0.123. The van der Waals surface area contributed by atoms with Crippen molar-refractivity contribution in [2.24, 2.45) is 5.10 Å². The number of para-hydroxylation sites is 1. The summed E-state index contributed by atoms with van der Waals surface area (Å²) in [4.78, 5) is 12.4. The minimum Gasteiger partial charge on any atom is -0.496 e. The minimum atomic E-state index is -0.256. The molecular weight excluding hydrogens is 494 g/mol. The van der Waals surface area contributed by atoms with Gasteiger partial charge in [0.2, 0.25) is 0 Å². The van der Waals surface area contributed by atoms with Crippen molar-refractivity contribution < 1.29 is 9.53 Å². The molecule has 0 aliphatic rings. The lowest BCUT2D eigenvalue weighted by atomic mass is 10.2. The Labute approximate surface area is 218 Å². The zero-order valence-corrected chi connectivity index (χ0v) is 21.3. The van der Waals surface area contributed by atoms with Crippen LogP contribution in [0.3, 0.4) is 0 Å². The number of aromatic nitrogens is 3. The number of halogens is 1. The van der Waals surface area contributed by atoms with Crippen LogP contribution >= 0.6 is 23.4 Å². The van der Waals surface area contributed by atoms with Crippen molar-refractivity contribution in [3.63, 3.8) is 0 Å². The molecule has 182 valence electrons. The highest BCUT2D eigenvalue weighted by Crippen LogP contribution is 2.29. The van der Waals surface area contributed by atoms with E-state index in [4.69, 9.17) is 16.3 Å². The number of nitrogens with one attached hydrogen (secondary N) is 1. The lowest BCUT2D eigenvalue weighted by molar-refractivity contribution is -0.118. The fourth-order valence-electron chi connectivity index (χ4n) is 3.34. The lowest BCUT2D eigenvalue weighted by Gasteiger charge is -2.10. The van der Waals surface area contributed by atoms with Gasteiger partial charge in [-0.3, -0.25) is 9.36 Å². The predicted molar refractivity (Wildman–Crippen MR) is 146 cm³/mol. The molecule has 4 aromatic rings. The highest BCUT2D eigenvalue weighted by molar-refractivity contribution is 7.99. The molecule has 1 aromatic heterocycles. The van der Waals surface area contributed by atoms with Crippen LogP contribution in [0.25, 0.3) is 23.2 Å². The SMILES string of the molecule is COc1ccccc1/C=C/C=N/NC(=O)CSc1nnc(-c2ccc(Cl)cc2)n1-c1ccc(C)cc1. The Kier molecular flexibility index (Phi) is 8.54. The molecule has 0 radical (unpaired) electrons. The predicted octanol–water partition coefficient (Wildman–Crippen LogP) is 5.81. The first-order valence-corrected chi connectivity index (χ1v) is 12.4. The van der Waals surface area contributed by atoms with Crippen molar-refractivity contribution in [1.82, 2.24) is 20.2 Å². The quantitative estimate of drug-likeness (QED) is 0.172. The number of rotatable bonds is 9. The van der Waals surface area contributed by atoms with E-state index < -0.39 is 0 Å². The average Bonchev–Trinajstić information content (AvgIpc) is 3.32. The number of hydrogen-bond acceptors (Lipinski definition) is 6. The summed E-state index contributed by atoms with van der Waals surface area (Å²) in [5.41, 5.74) is 6.37. The van der Waals surface area contributed by atoms with Gasteiger partial charge in [0.25, 0.3) is 5.91 Å². The second-order valence-electron chi connectivity index (χ2n) is 7.69. The first kappa shape index (κ1) is 25.2. The summed E-state index contributed by atoms with van der Waals surface area (Å²) in [5, 5.41) is 14.0. The standard InChI is InChI=1S/C27H24ClN5O2S/c1-19-9-15-23(16-10-19)33-26(21-11-13-22(28)14-12-21)31-32-27(33)36-18-25(34)30-29-17-5-7-20-6-3-4-8-24(20)35-2/h3-17H,18H2,1-2H3,(H,30,34)/b7-5+,29-17+. The fraction of sp³-hybridized carbons (Fsp3) is 0.111. The first-order chi connectivity index (χ1) is 17.5. The van der Waals surface area contributed by atoms with E-state index in [-0.39, 0.29) is 11.7 Å². The summed E-state index contributed by atoms with van der Waals surface area (Å²) in [7, 11) is 1.62. The van der Waals surface area contributed by atoms with Crippen molar-refractivity contribution in [2.75, 3.05) is 12.9 Å². The Morgan fingerprint density at radius 3 is 2.58 bits per heavy atom. The van der Waals surface area contributed by atoms with Crippen LogP contribution in [0, 0.1) is 6.92 Å². The number of aryl methyl sites for hydroxylation is 1. The zero-order valence-electron chi connectivity index (χ0n) is 19.8. The van der Waals surface area contributed by atoms with E-state index in [2.05, 4.69) is 20.7 Å². The molecule has 0 aliphatic carbocycles. The lowest BCUT2D eigenvalue weighted by Crippen LogP contribution is -2.19. The molecule has 0 aliphatic heterocycles. The number of methoxy groups -OCH3 is 1. The largest absolute Gasteiger partial charge is 0.496 e. The molecule has 0 saturated carbocycles. The molecule has 0 atom stereocenters. The summed E-state index contributed by atoms with van der Waals surface area (Å²) in [6.45, 7) is 2.03. The van der Waals surface area contributed by atoms with Gasteiger partial charge in [-0.05, 0) is 61.5 Å². The molecule has 9 heteroatoms. The molecule has 1 heterocycles. The average molecular weight is 518 g/mol. The third-order valence-electron chi connectivity index (χ3n) is 5.12. The van der Waals surface area contributed by atoms with E-state index in [0.29, 0.717) is 16.0 Å². The second-order valence-corrected chi connectivity index (χ2v) is 9.07. The van der Waals surface area contributed by atoms with Gasteiger partial charge in [-0.1, -0.05) is 59.3 Å². The number of nitrogens with zero attached hydrogens (tertiary/aromatic N) is 4. The first-order valence-electron chi connectivity index (χ1n) is 11.1. The Balaban J connectivity index is 1.44. The maximum absolute atomic E-state index is 12.4. The summed E-state index contributed by atoms with van der Waals surface area (Å²) in [6.07, 6.45) is 5.10. The third kappa shape index (κ3) is 6.41.